The third-order valence-electron chi connectivity index (χ3n) is 3.90. The van der Waals surface area contributed by atoms with Gasteiger partial charge in [0.2, 0.25) is 5.91 Å². The molecule has 2 rings (SSSR count). The van der Waals surface area contributed by atoms with E-state index < -0.39 is 0 Å². The molecule has 0 saturated carbocycles. The lowest BCUT2D eigenvalue weighted by Crippen LogP contribution is -2.33. The van der Waals surface area contributed by atoms with E-state index in [4.69, 9.17) is 0 Å². The van der Waals surface area contributed by atoms with Gasteiger partial charge in [0.15, 0.2) is 5.78 Å². The first-order valence-electron chi connectivity index (χ1n) is 7.36. The minimum atomic E-state index is 0.0274. The van der Waals surface area contributed by atoms with Crippen molar-refractivity contribution in [3.8, 4) is 0 Å². The van der Waals surface area contributed by atoms with Crippen molar-refractivity contribution in [3.63, 3.8) is 0 Å². The lowest BCUT2D eigenvalue weighted by molar-refractivity contribution is -0.131. The molecule has 112 valence electrons. The van der Waals surface area contributed by atoms with Crippen LogP contribution in [0.1, 0.15) is 36.7 Å². The van der Waals surface area contributed by atoms with Gasteiger partial charge in [-0.25, -0.2) is 0 Å². The second-order valence-electron chi connectivity index (χ2n) is 5.26. The van der Waals surface area contributed by atoms with E-state index in [2.05, 4.69) is 0 Å². The standard InChI is InChI=1S/C17H22N2O2/c1-5-18(6-2)16(21)11-19-10-15(13(4)20)14-9-7-8-12(3)17(14)19/h7-10H,5-6,11H2,1-4H3. The van der Waals surface area contributed by atoms with E-state index in [-0.39, 0.29) is 18.2 Å². The number of aromatic nitrogens is 1. The first-order chi connectivity index (χ1) is 9.99. The zero-order chi connectivity index (χ0) is 15.6. The summed E-state index contributed by atoms with van der Waals surface area (Å²) in [6, 6.07) is 5.89. The minimum Gasteiger partial charge on any atom is -0.342 e. The maximum atomic E-state index is 12.3. The molecule has 0 spiro atoms. The van der Waals surface area contributed by atoms with Crippen LogP contribution < -0.4 is 0 Å². The predicted molar refractivity (Wildman–Crippen MR) is 84.6 cm³/mol. The van der Waals surface area contributed by atoms with Gasteiger partial charge in [-0.1, -0.05) is 18.2 Å². The Kier molecular flexibility index (Phi) is 4.46. The molecule has 0 bridgehead atoms. The summed E-state index contributed by atoms with van der Waals surface area (Å²) >= 11 is 0. The Hall–Kier alpha value is -2.10. The number of benzene rings is 1. The van der Waals surface area contributed by atoms with E-state index in [0.717, 1.165) is 16.5 Å². The van der Waals surface area contributed by atoms with Gasteiger partial charge in [-0.15, -0.1) is 0 Å². The van der Waals surface area contributed by atoms with Crippen molar-refractivity contribution < 1.29 is 9.59 Å². The van der Waals surface area contributed by atoms with Crippen LogP contribution in [0.4, 0.5) is 0 Å². The first-order valence-corrected chi connectivity index (χ1v) is 7.36. The van der Waals surface area contributed by atoms with Gasteiger partial charge in [-0.3, -0.25) is 9.59 Å². The highest BCUT2D eigenvalue weighted by Gasteiger charge is 2.17. The normalized spacial score (nSPS) is 10.9. The quantitative estimate of drug-likeness (QED) is 0.793. The minimum absolute atomic E-state index is 0.0274. The number of fused-ring (bicyclic) bond motifs is 1. The number of likely N-dealkylation sites (N-methyl/N-ethyl adjacent to an activating group) is 1. The Morgan fingerprint density at radius 3 is 2.43 bits per heavy atom. The highest BCUT2D eigenvalue weighted by Crippen LogP contribution is 2.25. The molecule has 0 unspecified atom stereocenters. The van der Waals surface area contributed by atoms with Crippen LogP contribution in [0, 0.1) is 6.92 Å². The number of hydrogen-bond acceptors (Lipinski definition) is 2. The Balaban J connectivity index is 2.49. The highest BCUT2D eigenvalue weighted by molar-refractivity contribution is 6.07. The van der Waals surface area contributed by atoms with Gasteiger partial charge in [-0.2, -0.15) is 0 Å². The van der Waals surface area contributed by atoms with E-state index >= 15 is 0 Å². The summed E-state index contributed by atoms with van der Waals surface area (Å²) in [4.78, 5) is 25.9. The molecule has 0 radical (unpaired) electrons. The number of hydrogen-bond donors (Lipinski definition) is 0. The average molecular weight is 286 g/mol. The van der Waals surface area contributed by atoms with Gasteiger partial charge in [0.25, 0.3) is 0 Å². The van der Waals surface area contributed by atoms with E-state index in [1.165, 1.54) is 0 Å². The summed E-state index contributed by atoms with van der Waals surface area (Å²) in [7, 11) is 0. The molecule has 2 aromatic rings. The molecule has 0 aliphatic heterocycles. The largest absolute Gasteiger partial charge is 0.342 e. The summed E-state index contributed by atoms with van der Waals surface area (Å²) in [6.45, 7) is 9.19. The maximum absolute atomic E-state index is 12.3. The van der Waals surface area contributed by atoms with Crippen molar-refractivity contribution in [2.24, 2.45) is 0 Å². The van der Waals surface area contributed by atoms with Crippen LogP contribution in [0.2, 0.25) is 0 Å². The SMILES string of the molecule is CCN(CC)C(=O)Cn1cc(C(C)=O)c2cccc(C)c21. The molecular formula is C17H22N2O2. The summed E-state index contributed by atoms with van der Waals surface area (Å²) in [6.07, 6.45) is 1.81. The van der Waals surface area contributed by atoms with Crippen LogP contribution in [0.5, 0.6) is 0 Å². The Labute approximate surface area is 125 Å². The van der Waals surface area contributed by atoms with Crippen LogP contribution in [-0.2, 0) is 11.3 Å². The first kappa shape index (κ1) is 15.3. The van der Waals surface area contributed by atoms with Crippen LogP contribution in [0.25, 0.3) is 10.9 Å². The van der Waals surface area contributed by atoms with Crippen LogP contribution in [0.3, 0.4) is 0 Å². The summed E-state index contributed by atoms with van der Waals surface area (Å²) in [5, 5.41) is 0.926. The molecule has 1 aromatic heterocycles. The third-order valence-corrected chi connectivity index (χ3v) is 3.90. The number of para-hydroxylation sites is 1. The lowest BCUT2D eigenvalue weighted by Gasteiger charge is -2.19. The van der Waals surface area contributed by atoms with Gasteiger partial charge >= 0.3 is 0 Å². The topological polar surface area (TPSA) is 42.3 Å². The van der Waals surface area contributed by atoms with E-state index in [1.807, 2.05) is 43.5 Å². The molecule has 0 N–H and O–H groups in total. The average Bonchev–Trinajstić information content (AvgIpc) is 2.80. The third kappa shape index (κ3) is 2.84. The van der Waals surface area contributed by atoms with Crippen molar-refractivity contribution in [2.75, 3.05) is 13.1 Å². The number of aryl methyl sites for hydroxylation is 1. The second-order valence-corrected chi connectivity index (χ2v) is 5.26. The molecule has 1 amide bonds. The lowest BCUT2D eigenvalue weighted by atomic mass is 10.1. The van der Waals surface area contributed by atoms with Gasteiger partial charge in [0.1, 0.15) is 6.54 Å². The van der Waals surface area contributed by atoms with E-state index in [0.29, 0.717) is 18.7 Å². The van der Waals surface area contributed by atoms with Crippen molar-refractivity contribution in [1.82, 2.24) is 9.47 Å². The number of carbonyl (C=O) groups excluding carboxylic acids is 2. The monoisotopic (exact) mass is 286 g/mol. The molecule has 1 aromatic carbocycles. The molecule has 4 nitrogen and oxygen atoms in total. The fraction of sp³-hybridized carbons (Fsp3) is 0.412. The number of carbonyl (C=O) groups is 2. The maximum Gasteiger partial charge on any atom is 0.242 e. The summed E-state index contributed by atoms with van der Waals surface area (Å²) in [5.74, 6) is 0.106. The molecular weight excluding hydrogens is 264 g/mol. The van der Waals surface area contributed by atoms with Crippen LogP contribution >= 0.6 is 0 Å². The molecule has 1 heterocycles. The number of ketones is 1. The second kappa shape index (κ2) is 6.12. The number of nitrogens with zero attached hydrogens (tertiary/aromatic N) is 2. The Bertz CT molecular complexity index is 681. The molecule has 21 heavy (non-hydrogen) atoms. The Morgan fingerprint density at radius 2 is 1.86 bits per heavy atom. The number of Topliss-reactive ketones (excluding diaryl/α,β-unsaturated/α-hetero) is 1. The van der Waals surface area contributed by atoms with Gasteiger partial charge in [-0.05, 0) is 33.3 Å². The highest BCUT2D eigenvalue weighted by atomic mass is 16.2. The number of rotatable bonds is 5. The molecule has 0 saturated heterocycles. The molecule has 0 fully saturated rings. The van der Waals surface area contributed by atoms with Crippen molar-refractivity contribution in [1.29, 1.82) is 0 Å². The summed E-state index contributed by atoms with van der Waals surface area (Å²) < 4.78 is 1.90. The fourth-order valence-corrected chi connectivity index (χ4v) is 2.77. The molecule has 0 aliphatic rings. The smallest absolute Gasteiger partial charge is 0.242 e. The van der Waals surface area contributed by atoms with Crippen molar-refractivity contribution in [2.45, 2.75) is 34.2 Å². The van der Waals surface area contributed by atoms with Gasteiger partial charge in [0.05, 0.1) is 5.52 Å². The van der Waals surface area contributed by atoms with E-state index in [9.17, 15) is 9.59 Å². The molecule has 0 aliphatic carbocycles. The predicted octanol–water partition coefficient (Wildman–Crippen LogP) is 3.02. The summed E-state index contributed by atoms with van der Waals surface area (Å²) in [5.41, 5.74) is 2.73. The zero-order valence-electron chi connectivity index (χ0n) is 13.1. The fourth-order valence-electron chi connectivity index (χ4n) is 2.77. The molecule has 0 atom stereocenters. The molecule has 4 heteroatoms. The van der Waals surface area contributed by atoms with E-state index in [1.54, 1.807) is 18.0 Å². The van der Waals surface area contributed by atoms with Crippen molar-refractivity contribution in [3.05, 3.63) is 35.5 Å². The zero-order valence-corrected chi connectivity index (χ0v) is 13.1. The van der Waals surface area contributed by atoms with Crippen LogP contribution in [0.15, 0.2) is 24.4 Å². The van der Waals surface area contributed by atoms with Gasteiger partial charge < -0.3 is 9.47 Å². The van der Waals surface area contributed by atoms with Crippen molar-refractivity contribution >= 4 is 22.6 Å². The van der Waals surface area contributed by atoms with Gasteiger partial charge in [0, 0.05) is 30.2 Å². The van der Waals surface area contributed by atoms with Crippen LogP contribution in [-0.4, -0.2) is 34.2 Å². The Morgan fingerprint density at radius 1 is 1.19 bits per heavy atom. The number of amides is 1.